The Morgan fingerprint density at radius 3 is 3.06 bits per heavy atom. The van der Waals surface area contributed by atoms with Crippen LogP contribution in [0.25, 0.3) is 10.6 Å². The van der Waals surface area contributed by atoms with E-state index in [1.807, 2.05) is 6.20 Å². The van der Waals surface area contributed by atoms with Gasteiger partial charge in [0.05, 0.1) is 16.8 Å². The zero-order chi connectivity index (χ0) is 12.3. The summed E-state index contributed by atoms with van der Waals surface area (Å²) >= 11 is 1.72. The molecule has 0 radical (unpaired) electrons. The smallest absolute Gasteiger partial charge is 0.0794 e. The molecule has 2 aromatic rings. The number of hydrogen-bond acceptors (Lipinski definition) is 4. The molecule has 1 unspecified atom stereocenters. The zero-order valence-electron chi connectivity index (χ0n) is 10.2. The van der Waals surface area contributed by atoms with Crippen molar-refractivity contribution < 1.29 is 0 Å². The van der Waals surface area contributed by atoms with Crippen molar-refractivity contribution in [1.82, 2.24) is 15.1 Å². The second-order valence-corrected chi connectivity index (χ2v) is 5.20. The van der Waals surface area contributed by atoms with Crippen molar-refractivity contribution in [2.75, 3.05) is 13.6 Å². The first-order chi connectivity index (χ1) is 8.22. The Labute approximate surface area is 105 Å². The summed E-state index contributed by atoms with van der Waals surface area (Å²) in [5, 5.41) is 9.29. The van der Waals surface area contributed by atoms with Gasteiger partial charge in [0.15, 0.2) is 0 Å². The summed E-state index contributed by atoms with van der Waals surface area (Å²) in [5.41, 5.74) is 8.01. The maximum Gasteiger partial charge on any atom is 0.0794 e. The van der Waals surface area contributed by atoms with E-state index < -0.39 is 0 Å². The van der Waals surface area contributed by atoms with Crippen LogP contribution in [0.15, 0.2) is 23.7 Å². The summed E-state index contributed by atoms with van der Waals surface area (Å²) in [6, 6.07) is 4.53. The summed E-state index contributed by atoms with van der Waals surface area (Å²) in [5.74, 6) is 0. The van der Waals surface area contributed by atoms with Crippen molar-refractivity contribution in [2.45, 2.75) is 19.5 Å². The fraction of sp³-hybridized carbons (Fsp3) is 0.417. The van der Waals surface area contributed by atoms with Crippen LogP contribution in [0, 0.1) is 0 Å². The molecule has 2 rings (SSSR count). The molecule has 0 amide bonds. The number of rotatable bonds is 5. The first-order valence-electron chi connectivity index (χ1n) is 5.68. The Morgan fingerprint density at radius 2 is 2.41 bits per heavy atom. The number of aromatic amines is 1. The molecule has 1 atom stereocenters. The SMILES string of the molecule is CC(CN)N(C)Cc1cn[nH]c1-c1cccs1. The Morgan fingerprint density at radius 1 is 1.59 bits per heavy atom. The maximum atomic E-state index is 5.67. The summed E-state index contributed by atoms with van der Waals surface area (Å²) in [7, 11) is 2.09. The molecule has 0 aliphatic carbocycles. The Balaban J connectivity index is 2.15. The van der Waals surface area contributed by atoms with Gasteiger partial charge >= 0.3 is 0 Å². The lowest BCUT2D eigenvalue weighted by atomic mass is 10.2. The minimum atomic E-state index is 0.376. The van der Waals surface area contributed by atoms with E-state index in [4.69, 9.17) is 5.73 Å². The van der Waals surface area contributed by atoms with Crippen LogP contribution in [-0.4, -0.2) is 34.7 Å². The fourth-order valence-electron chi connectivity index (χ4n) is 1.67. The van der Waals surface area contributed by atoms with E-state index in [0.717, 1.165) is 12.2 Å². The zero-order valence-corrected chi connectivity index (χ0v) is 11.0. The van der Waals surface area contributed by atoms with Gasteiger partial charge in [0, 0.05) is 24.7 Å². The molecule has 0 fully saturated rings. The first-order valence-corrected chi connectivity index (χ1v) is 6.56. The molecule has 4 nitrogen and oxygen atoms in total. The third-order valence-corrected chi connectivity index (χ3v) is 3.89. The number of aromatic nitrogens is 2. The van der Waals surface area contributed by atoms with Gasteiger partial charge in [-0.25, -0.2) is 0 Å². The van der Waals surface area contributed by atoms with E-state index in [-0.39, 0.29) is 0 Å². The van der Waals surface area contributed by atoms with Crippen molar-refractivity contribution in [3.63, 3.8) is 0 Å². The van der Waals surface area contributed by atoms with Crippen molar-refractivity contribution in [3.05, 3.63) is 29.3 Å². The van der Waals surface area contributed by atoms with Gasteiger partial charge in [-0.3, -0.25) is 10.00 Å². The minimum Gasteiger partial charge on any atom is -0.329 e. The van der Waals surface area contributed by atoms with Crippen molar-refractivity contribution in [2.24, 2.45) is 5.73 Å². The van der Waals surface area contributed by atoms with Crippen LogP contribution in [0.5, 0.6) is 0 Å². The molecule has 0 aliphatic rings. The standard InChI is InChI=1S/C12H18N4S/c1-9(6-13)16(2)8-10-7-14-15-12(10)11-4-3-5-17-11/h3-5,7,9H,6,8,13H2,1-2H3,(H,14,15). The predicted octanol–water partition coefficient (Wildman–Crippen LogP) is 1.92. The summed E-state index contributed by atoms with van der Waals surface area (Å²) < 4.78 is 0. The third kappa shape index (κ3) is 2.74. The molecule has 3 N–H and O–H groups in total. The molecule has 0 saturated heterocycles. The van der Waals surface area contributed by atoms with Gasteiger partial charge < -0.3 is 5.73 Å². The molecular formula is C12H18N4S. The van der Waals surface area contributed by atoms with Crippen LogP contribution < -0.4 is 5.73 Å². The van der Waals surface area contributed by atoms with Gasteiger partial charge in [0.1, 0.15) is 0 Å². The lowest BCUT2D eigenvalue weighted by molar-refractivity contribution is 0.255. The van der Waals surface area contributed by atoms with Crippen LogP contribution in [0.2, 0.25) is 0 Å². The molecule has 0 bridgehead atoms. The predicted molar refractivity (Wildman–Crippen MR) is 71.9 cm³/mol. The lowest BCUT2D eigenvalue weighted by Crippen LogP contribution is -2.34. The monoisotopic (exact) mass is 250 g/mol. The quantitative estimate of drug-likeness (QED) is 0.852. The molecule has 17 heavy (non-hydrogen) atoms. The van der Waals surface area contributed by atoms with Gasteiger partial charge in [-0.15, -0.1) is 11.3 Å². The molecule has 0 aliphatic heterocycles. The fourth-order valence-corrected chi connectivity index (χ4v) is 2.43. The van der Waals surface area contributed by atoms with E-state index in [0.29, 0.717) is 12.6 Å². The van der Waals surface area contributed by atoms with Crippen molar-refractivity contribution >= 4 is 11.3 Å². The third-order valence-electron chi connectivity index (χ3n) is 3.00. The van der Waals surface area contributed by atoms with Crippen molar-refractivity contribution in [3.8, 4) is 10.6 Å². The topological polar surface area (TPSA) is 57.9 Å². The van der Waals surface area contributed by atoms with Gasteiger partial charge in [0.2, 0.25) is 0 Å². The molecule has 92 valence electrons. The van der Waals surface area contributed by atoms with E-state index in [1.165, 1.54) is 10.4 Å². The van der Waals surface area contributed by atoms with Gasteiger partial charge in [-0.05, 0) is 25.4 Å². The molecule has 0 spiro atoms. The van der Waals surface area contributed by atoms with E-state index >= 15 is 0 Å². The van der Waals surface area contributed by atoms with E-state index in [1.54, 1.807) is 11.3 Å². The number of nitrogens with two attached hydrogens (primary N) is 1. The van der Waals surface area contributed by atoms with Crippen LogP contribution in [-0.2, 0) is 6.54 Å². The number of hydrogen-bond donors (Lipinski definition) is 2. The highest BCUT2D eigenvalue weighted by atomic mass is 32.1. The Kier molecular flexibility index (Phi) is 3.93. The number of H-pyrrole nitrogens is 1. The summed E-state index contributed by atoms with van der Waals surface area (Å²) in [4.78, 5) is 3.47. The van der Waals surface area contributed by atoms with Crippen LogP contribution in [0.1, 0.15) is 12.5 Å². The summed E-state index contributed by atoms with van der Waals surface area (Å²) in [6.45, 7) is 3.66. The molecular weight excluding hydrogens is 232 g/mol. The average molecular weight is 250 g/mol. The van der Waals surface area contributed by atoms with E-state index in [2.05, 4.69) is 46.6 Å². The Hall–Kier alpha value is -1.17. The molecule has 5 heteroatoms. The largest absolute Gasteiger partial charge is 0.329 e. The second kappa shape index (κ2) is 5.44. The number of nitrogens with zero attached hydrogens (tertiary/aromatic N) is 2. The number of nitrogens with one attached hydrogen (secondary N) is 1. The minimum absolute atomic E-state index is 0.376. The Bertz CT molecular complexity index is 449. The molecule has 0 saturated carbocycles. The average Bonchev–Trinajstić information content (AvgIpc) is 2.97. The van der Waals surface area contributed by atoms with Gasteiger partial charge in [-0.2, -0.15) is 5.10 Å². The highest BCUT2D eigenvalue weighted by Gasteiger charge is 2.13. The first kappa shape index (κ1) is 12.3. The second-order valence-electron chi connectivity index (χ2n) is 4.25. The van der Waals surface area contributed by atoms with Crippen molar-refractivity contribution in [1.29, 1.82) is 0 Å². The van der Waals surface area contributed by atoms with Crippen LogP contribution in [0.3, 0.4) is 0 Å². The number of likely N-dealkylation sites (N-methyl/N-ethyl adjacent to an activating group) is 1. The summed E-state index contributed by atoms with van der Waals surface area (Å²) in [6.07, 6.45) is 1.90. The number of thiophene rings is 1. The normalized spacial score (nSPS) is 13.2. The highest BCUT2D eigenvalue weighted by Crippen LogP contribution is 2.26. The van der Waals surface area contributed by atoms with Gasteiger partial charge in [0.25, 0.3) is 0 Å². The van der Waals surface area contributed by atoms with Crippen LogP contribution in [0.4, 0.5) is 0 Å². The molecule has 2 heterocycles. The lowest BCUT2D eigenvalue weighted by Gasteiger charge is -2.22. The van der Waals surface area contributed by atoms with E-state index in [9.17, 15) is 0 Å². The highest BCUT2D eigenvalue weighted by molar-refractivity contribution is 7.13. The maximum absolute atomic E-state index is 5.67. The molecule has 0 aromatic carbocycles. The van der Waals surface area contributed by atoms with Crippen LogP contribution >= 0.6 is 11.3 Å². The molecule has 2 aromatic heterocycles. The van der Waals surface area contributed by atoms with Gasteiger partial charge in [-0.1, -0.05) is 6.07 Å².